The predicted molar refractivity (Wildman–Crippen MR) is 150 cm³/mol. The van der Waals surface area contributed by atoms with E-state index in [2.05, 4.69) is 60.1 Å². The molecule has 0 saturated heterocycles. The van der Waals surface area contributed by atoms with Gasteiger partial charge >= 0.3 is 0 Å². The van der Waals surface area contributed by atoms with Gasteiger partial charge in [0.15, 0.2) is 0 Å². The molecule has 0 bridgehead atoms. The molecular formula is C29H38N6O2. The zero-order valence-electron chi connectivity index (χ0n) is 22.9. The topological polar surface area (TPSA) is 77.3 Å². The lowest BCUT2D eigenvalue weighted by Gasteiger charge is -2.31. The van der Waals surface area contributed by atoms with Gasteiger partial charge in [-0.25, -0.2) is 4.98 Å². The molecule has 8 heteroatoms. The van der Waals surface area contributed by atoms with Crippen LogP contribution in [-0.2, 0) is 7.05 Å². The van der Waals surface area contributed by atoms with E-state index < -0.39 is 0 Å². The Hall–Kier alpha value is -3.65. The van der Waals surface area contributed by atoms with Gasteiger partial charge in [0.25, 0.3) is 0 Å². The molecule has 0 aliphatic carbocycles. The summed E-state index contributed by atoms with van der Waals surface area (Å²) in [5.41, 5.74) is 5.46. The molecule has 0 radical (unpaired) electrons. The minimum absolute atomic E-state index is 0.382. The first kappa shape index (κ1) is 26.4. The molecule has 0 saturated carbocycles. The lowest BCUT2D eigenvalue weighted by molar-refractivity contribution is 0.355. The molecule has 0 aliphatic heterocycles. The molecule has 2 aromatic carbocycles. The Morgan fingerprint density at radius 2 is 1.65 bits per heavy atom. The van der Waals surface area contributed by atoms with E-state index in [0.717, 1.165) is 58.1 Å². The highest BCUT2D eigenvalue weighted by Gasteiger charge is 2.19. The second-order valence-electron chi connectivity index (χ2n) is 10.0. The van der Waals surface area contributed by atoms with Crippen LogP contribution in [0, 0.1) is 5.92 Å². The first-order valence-electron chi connectivity index (χ1n) is 12.8. The largest absolute Gasteiger partial charge is 0.497 e. The fourth-order valence-corrected chi connectivity index (χ4v) is 4.52. The molecule has 196 valence electrons. The number of hydrogen-bond acceptors (Lipinski definition) is 7. The van der Waals surface area contributed by atoms with Gasteiger partial charge in [0.05, 0.1) is 43.3 Å². The second kappa shape index (κ2) is 11.6. The van der Waals surface area contributed by atoms with Crippen LogP contribution >= 0.6 is 0 Å². The van der Waals surface area contributed by atoms with Gasteiger partial charge in [-0.1, -0.05) is 27.7 Å². The van der Waals surface area contributed by atoms with Gasteiger partial charge < -0.3 is 19.7 Å². The Morgan fingerprint density at radius 1 is 0.919 bits per heavy atom. The number of ether oxygens (including phenoxy) is 2. The van der Waals surface area contributed by atoms with Crippen molar-refractivity contribution in [2.45, 2.75) is 46.2 Å². The Labute approximate surface area is 219 Å². The van der Waals surface area contributed by atoms with Crippen LogP contribution in [0.15, 0.2) is 55.0 Å². The SMILES string of the molecule is COc1cc(OC)cc(N(CCC(NC(C)C)C(C)C)c2ccc3ncc(-c4cnn(C)c4)nc3c2)c1. The quantitative estimate of drug-likeness (QED) is 0.286. The van der Waals surface area contributed by atoms with Crippen molar-refractivity contribution in [3.8, 4) is 22.8 Å². The van der Waals surface area contributed by atoms with Gasteiger partial charge in [0.2, 0.25) is 0 Å². The average molecular weight is 503 g/mol. The van der Waals surface area contributed by atoms with Crippen molar-refractivity contribution in [1.82, 2.24) is 25.1 Å². The van der Waals surface area contributed by atoms with Crippen molar-refractivity contribution in [1.29, 1.82) is 0 Å². The average Bonchev–Trinajstić information content (AvgIpc) is 3.33. The van der Waals surface area contributed by atoms with Gasteiger partial charge in [0, 0.05) is 67.0 Å². The number of aromatic nitrogens is 4. The predicted octanol–water partition coefficient (Wildman–Crippen LogP) is 5.60. The summed E-state index contributed by atoms with van der Waals surface area (Å²) in [5, 5.41) is 8.01. The third kappa shape index (κ3) is 6.38. The van der Waals surface area contributed by atoms with Crippen molar-refractivity contribution in [2.75, 3.05) is 25.7 Å². The highest BCUT2D eigenvalue weighted by molar-refractivity contribution is 5.82. The van der Waals surface area contributed by atoms with Crippen molar-refractivity contribution < 1.29 is 9.47 Å². The summed E-state index contributed by atoms with van der Waals surface area (Å²) in [7, 11) is 5.25. The normalized spacial score (nSPS) is 12.4. The van der Waals surface area contributed by atoms with Crippen molar-refractivity contribution in [2.24, 2.45) is 13.0 Å². The number of nitrogens with zero attached hydrogens (tertiary/aromatic N) is 5. The van der Waals surface area contributed by atoms with Crippen LogP contribution in [0.1, 0.15) is 34.1 Å². The van der Waals surface area contributed by atoms with Gasteiger partial charge in [-0.05, 0) is 30.5 Å². The van der Waals surface area contributed by atoms with E-state index in [0.29, 0.717) is 18.0 Å². The number of hydrogen-bond donors (Lipinski definition) is 1. The zero-order valence-corrected chi connectivity index (χ0v) is 22.9. The smallest absolute Gasteiger partial charge is 0.124 e. The third-order valence-electron chi connectivity index (χ3n) is 6.50. The van der Waals surface area contributed by atoms with Gasteiger partial charge in [0.1, 0.15) is 11.5 Å². The summed E-state index contributed by atoms with van der Waals surface area (Å²) in [4.78, 5) is 11.9. The van der Waals surface area contributed by atoms with E-state index in [1.807, 2.05) is 43.7 Å². The zero-order chi connectivity index (χ0) is 26.5. The van der Waals surface area contributed by atoms with Crippen LogP contribution in [0.5, 0.6) is 11.5 Å². The highest BCUT2D eigenvalue weighted by Crippen LogP contribution is 2.34. The third-order valence-corrected chi connectivity index (χ3v) is 6.50. The number of anilines is 2. The van der Waals surface area contributed by atoms with Crippen molar-refractivity contribution in [3.63, 3.8) is 0 Å². The van der Waals surface area contributed by atoms with Crippen molar-refractivity contribution >= 4 is 22.4 Å². The maximum atomic E-state index is 5.59. The summed E-state index contributed by atoms with van der Waals surface area (Å²) in [6.45, 7) is 9.74. The molecule has 2 heterocycles. The number of fused-ring (bicyclic) bond motifs is 1. The fraction of sp³-hybridized carbons (Fsp3) is 0.414. The second-order valence-corrected chi connectivity index (χ2v) is 10.0. The van der Waals surface area contributed by atoms with Crippen LogP contribution in [0.25, 0.3) is 22.3 Å². The molecule has 37 heavy (non-hydrogen) atoms. The van der Waals surface area contributed by atoms with E-state index in [4.69, 9.17) is 14.5 Å². The first-order chi connectivity index (χ1) is 17.8. The molecule has 1 atom stereocenters. The number of methoxy groups -OCH3 is 2. The van der Waals surface area contributed by atoms with E-state index in [1.54, 1.807) is 25.1 Å². The molecule has 0 amide bonds. The number of nitrogens with one attached hydrogen (secondary N) is 1. The van der Waals surface area contributed by atoms with E-state index in [1.165, 1.54) is 0 Å². The molecule has 0 spiro atoms. The molecule has 0 aliphatic rings. The van der Waals surface area contributed by atoms with Crippen LogP contribution in [0.4, 0.5) is 11.4 Å². The van der Waals surface area contributed by atoms with E-state index >= 15 is 0 Å². The molecule has 2 aromatic heterocycles. The molecular weight excluding hydrogens is 464 g/mol. The molecule has 4 rings (SSSR count). The lowest BCUT2D eigenvalue weighted by atomic mass is 9.99. The van der Waals surface area contributed by atoms with Crippen LogP contribution in [0.3, 0.4) is 0 Å². The van der Waals surface area contributed by atoms with E-state index in [-0.39, 0.29) is 0 Å². The molecule has 0 fully saturated rings. The molecule has 1 N–H and O–H groups in total. The molecule has 8 nitrogen and oxygen atoms in total. The lowest BCUT2D eigenvalue weighted by Crippen LogP contribution is -2.40. The highest BCUT2D eigenvalue weighted by atomic mass is 16.5. The van der Waals surface area contributed by atoms with Crippen LogP contribution < -0.4 is 19.7 Å². The number of aryl methyl sites for hydroxylation is 1. The molecule has 4 aromatic rings. The maximum Gasteiger partial charge on any atom is 0.124 e. The van der Waals surface area contributed by atoms with Crippen LogP contribution in [-0.4, -0.2) is 52.6 Å². The Balaban J connectivity index is 1.76. The monoisotopic (exact) mass is 502 g/mol. The van der Waals surface area contributed by atoms with Crippen LogP contribution in [0.2, 0.25) is 0 Å². The minimum atomic E-state index is 0.382. The van der Waals surface area contributed by atoms with E-state index in [9.17, 15) is 0 Å². The Bertz CT molecular complexity index is 1310. The fourth-order valence-electron chi connectivity index (χ4n) is 4.52. The molecule has 1 unspecified atom stereocenters. The summed E-state index contributed by atoms with van der Waals surface area (Å²) in [5.74, 6) is 2.01. The summed E-state index contributed by atoms with van der Waals surface area (Å²) < 4.78 is 12.9. The minimum Gasteiger partial charge on any atom is -0.497 e. The maximum absolute atomic E-state index is 5.59. The summed E-state index contributed by atoms with van der Waals surface area (Å²) >= 11 is 0. The standard InChI is InChI=1S/C29H38N6O2/c1-19(2)26(32-20(3)4)10-11-35(23-12-24(36-6)15-25(13-23)37-7)22-8-9-27-28(14-22)33-29(17-30-27)21-16-31-34(5)18-21/h8-9,12-20,26,32H,10-11H2,1-7H3. The van der Waals surface area contributed by atoms with Gasteiger partial charge in [-0.15, -0.1) is 0 Å². The number of rotatable bonds is 11. The van der Waals surface area contributed by atoms with Gasteiger partial charge in [-0.3, -0.25) is 9.67 Å². The van der Waals surface area contributed by atoms with Crippen molar-refractivity contribution in [3.05, 3.63) is 55.0 Å². The first-order valence-corrected chi connectivity index (χ1v) is 12.8. The number of benzene rings is 2. The summed E-state index contributed by atoms with van der Waals surface area (Å²) in [6, 6.07) is 13.0. The summed E-state index contributed by atoms with van der Waals surface area (Å²) in [6.07, 6.45) is 6.52. The van der Waals surface area contributed by atoms with Gasteiger partial charge in [-0.2, -0.15) is 5.10 Å². The Morgan fingerprint density at radius 3 is 2.24 bits per heavy atom. The Kier molecular flexibility index (Phi) is 8.28.